The number of unbranched alkanes of at least 4 members (excludes halogenated alkanes) is 2. The third kappa shape index (κ3) is 5.59. The topological polar surface area (TPSA) is 99.0 Å². The number of carbonyl (C=O) groups excluding carboxylic acids is 1. The monoisotopic (exact) mass is 521 g/mol. The Kier molecular flexibility index (Phi) is 9.55. The first-order valence-electron chi connectivity index (χ1n) is 15.5. The summed E-state index contributed by atoms with van der Waals surface area (Å²) < 4.78 is 5.50. The van der Waals surface area contributed by atoms with E-state index in [2.05, 4.69) is 33.0 Å². The lowest BCUT2D eigenvalue weighted by Crippen LogP contribution is -2.62. The maximum absolute atomic E-state index is 12.1. The van der Waals surface area contributed by atoms with E-state index in [1.165, 1.54) is 25.7 Å². The van der Waals surface area contributed by atoms with E-state index < -0.39 is 0 Å². The lowest BCUT2D eigenvalue weighted by Gasteiger charge is -2.64. The molecule has 4 aliphatic carbocycles. The summed E-state index contributed by atoms with van der Waals surface area (Å²) >= 11 is 0. The molecule has 4 N–H and O–H groups in total. The van der Waals surface area contributed by atoms with Crippen LogP contribution in [0.4, 0.5) is 4.79 Å². The summed E-state index contributed by atoms with van der Waals surface area (Å²) in [6.07, 6.45) is 11.4. The van der Waals surface area contributed by atoms with Gasteiger partial charge in [-0.2, -0.15) is 0 Å². The lowest BCUT2D eigenvalue weighted by atomic mass is 9.41. The number of fused-ring (bicyclic) bond motifs is 5. The first-order chi connectivity index (χ1) is 17.7. The summed E-state index contributed by atoms with van der Waals surface area (Å²) in [5.41, 5.74) is 0.486. The van der Waals surface area contributed by atoms with Crippen LogP contribution in [0.5, 0.6) is 0 Å². The van der Waals surface area contributed by atoms with Crippen LogP contribution >= 0.6 is 0 Å². The zero-order valence-corrected chi connectivity index (χ0v) is 24.0. The molecule has 4 fully saturated rings. The van der Waals surface area contributed by atoms with Gasteiger partial charge in [0.25, 0.3) is 0 Å². The van der Waals surface area contributed by atoms with Gasteiger partial charge in [-0.1, -0.05) is 34.1 Å². The fraction of sp³-hybridized carbons (Fsp3) is 0.968. The molecular weight excluding hydrogens is 466 g/mol. The predicted molar refractivity (Wildman–Crippen MR) is 146 cm³/mol. The van der Waals surface area contributed by atoms with E-state index >= 15 is 0 Å². The van der Waals surface area contributed by atoms with Crippen LogP contribution < -0.4 is 5.32 Å². The maximum atomic E-state index is 12.1. The van der Waals surface area contributed by atoms with Crippen LogP contribution in [0.25, 0.3) is 0 Å². The van der Waals surface area contributed by atoms with Crippen LogP contribution in [0.15, 0.2) is 0 Å². The van der Waals surface area contributed by atoms with Gasteiger partial charge in [-0.25, -0.2) is 4.79 Å². The molecule has 0 aliphatic heterocycles. The molecule has 214 valence electrons. The highest BCUT2D eigenvalue weighted by Crippen LogP contribution is 2.69. The number of rotatable bonds is 10. The second-order valence-electron chi connectivity index (χ2n) is 13.7. The van der Waals surface area contributed by atoms with Crippen molar-refractivity contribution in [1.82, 2.24) is 5.32 Å². The Morgan fingerprint density at radius 2 is 1.73 bits per heavy atom. The van der Waals surface area contributed by atoms with Gasteiger partial charge >= 0.3 is 6.09 Å². The molecular formula is C31H55NO5. The number of hydrogen-bond acceptors (Lipinski definition) is 5. The van der Waals surface area contributed by atoms with Crippen LogP contribution in [0.1, 0.15) is 105 Å². The van der Waals surface area contributed by atoms with E-state index in [1.54, 1.807) is 0 Å². The number of amides is 1. The minimum atomic E-state index is -0.330. The zero-order valence-electron chi connectivity index (χ0n) is 24.0. The second kappa shape index (κ2) is 12.1. The molecule has 1 amide bonds. The summed E-state index contributed by atoms with van der Waals surface area (Å²) in [6.45, 7) is 10.8. The molecule has 6 heteroatoms. The molecule has 0 radical (unpaired) electrons. The highest BCUT2D eigenvalue weighted by atomic mass is 16.5. The van der Waals surface area contributed by atoms with E-state index in [0.29, 0.717) is 54.6 Å². The molecule has 0 aromatic rings. The van der Waals surface area contributed by atoms with Crippen LogP contribution in [-0.2, 0) is 4.74 Å². The van der Waals surface area contributed by atoms with Gasteiger partial charge in [0.1, 0.15) is 0 Å². The van der Waals surface area contributed by atoms with E-state index in [1.807, 2.05) is 0 Å². The number of hydrogen-bond donors (Lipinski definition) is 4. The maximum Gasteiger partial charge on any atom is 0.407 e. The largest absolute Gasteiger partial charge is 0.450 e. The molecule has 4 rings (SSSR count). The Hall–Kier alpha value is -0.850. The first-order valence-corrected chi connectivity index (χ1v) is 15.5. The van der Waals surface area contributed by atoms with Crippen LogP contribution in [0, 0.1) is 52.3 Å². The molecule has 4 aliphatic rings. The van der Waals surface area contributed by atoms with Crippen LogP contribution in [0.2, 0.25) is 0 Å². The van der Waals surface area contributed by atoms with E-state index in [4.69, 9.17) is 9.84 Å². The van der Waals surface area contributed by atoms with Gasteiger partial charge in [-0.3, -0.25) is 0 Å². The zero-order chi connectivity index (χ0) is 26.8. The first kappa shape index (κ1) is 29.1. The summed E-state index contributed by atoms with van der Waals surface area (Å²) in [6, 6.07) is 0. The van der Waals surface area contributed by atoms with Crippen LogP contribution in [-0.4, -0.2) is 53.4 Å². The van der Waals surface area contributed by atoms with Crippen molar-refractivity contribution in [3.05, 3.63) is 0 Å². The van der Waals surface area contributed by atoms with Crippen molar-refractivity contribution in [3.63, 3.8) is 0 Å². The van der Waals surface area contributed by atoms with Gasteiger partial charge in [-0.15, -0.1) is 0 Å². The summed E-state index contributed by atoms with van der Waals surface area (Å²) in [5.74, 6) is 3.35. The minimum Gasteiger partial charge on any atom is -0.450 e. The summed E-state index contributed by atoms with van der Waals surface area (Å²) in [7, 11) is 0. The van der Waals surface area contributed by atoms with Crippen molar-refractivity contribution in [1.29, 1.82) is 0 Å². The molecule has 6 nitrogen and oxygen atoms in total. The molecule has 1 unspecified atom stereocenters. The Balaban J connectivity index is 1.36. The van der Waals surface area contributed by atoms with Crippen molar-refractivity contribution in [3.8, 4) is 0 Å². The van der Waals surface area contributed by atoms with Crippen molar-refractivity contribution >= 4 is 6.09 Å². The normalized spacial score (nSPS) is 43.9. The Morgan fingerprint density at radius 3 is 2.46 bits per heavy atom. The lowest BCUT2D eigenvalue weighted by molar-refractivity contribution is -0.203. The quantitative estimate of drug-likeness (QED) is 0.283. The van der Waals surface area contributed by atoms with Crippen LogP contribution in [0.3, 0.4) is 0 Å². The van der Waals surface area contributed by atoms with Gasteiger partial charge in [-0.05, 0) is 123 Å². The number of aliphatic hydroxyl groups excluding tert-OH is 3. The van der Waals surface area contributed by atoms with E-state index in [0.717, 1.165) is 51.4 Å². The number of ether oxygens (including phenoxy) is 1. The molecule has 0 aromatic carbocycles. The van der Waals surface area contributed by atoms with Crippen molar-refractivity contribution < 1.29 is 24.9 Å². The smallest absolute Gasteiger partial charge is 0.407 e. The molecule has 4 saturated carbocycles. The molecule has 11 atom stereocenters. The fourth-order valence-electron chi connectivity index (χ4n) is 10.1. The van der Waals surface area contributed by atoms with Gasteiger partial charge in [0.2, 0.25) is 0 Å². The van der Waals surface area contributed by atoms with Crippen molar-refractivity contribution in [2.45, 2.75) is 117 Å². The average Bonchev–Trinajstić information content (AvgIpc) is 3.22. The number of nitrogens with one attached hydrogen (secondary N) is 1. The molecule has 0 heterocycles. The van der Waals surface area contributed by atoms with Gasteiger partial charge in [0.15, 0.2) is 0 Å². The molecule has 37 heavy (non-hydrogen) atoms. The molecule has 0 aromatic heterocycles. The summed E-state index contributed by atoms with van der Waals surface area (Å²) in [4.78, 5) is 12.1. The third-order valence-electron chi connectivity index (χ3n) is 12.1. The SMILES string of the molecule is CC[C@H]1[C@@H](O)[C@H]2[C@@H]3CC[C@H]([C@H](C)CCOC(=O)NCCCCCO)C3(C)CC[C@@H]2[C@@]2(C)CC[C@@H](O)C[C@@H]12. The third-order valence-corrected chi connectivity index (χ3v) is 12.1. The van der Waals surface area contributed by atoms with E-state index in [-0.39, 0.29) is 35.7 Å². The Labute approximate surface area is 225 Å². The number of aliphatic hydroxyl groups is 3. The number of carbonyl (C=O) groups is 1. The van der Waals surface area contributed by atoms with Gasteiger partial charge in [0.05, 0.1) is 18.8 Å². The van der Waals surface area contributed by atoms with Gasteiger partial charge in [0, 0.05) is 13.2 Å². The highest BCUT2D eigenvalue weighted by molar-refractivity contribution is 5.66. The summed E-state index contributed by atoms with van der Waals surface area (Å²) in [5, 5.41) is 34.0. The average molecular weight is 522 g/mol. The number of alkyl carbamates (subject to hydrolysis) is 1. The fourth-order valence-corrected chi connectivity index (χ4v) is 10.1. The van der Waals surface area contributed by atoms with Gasteiger partial charge < -0.3 is 25.4 Å². The Bertz CT molecular complexity index is 762. The predicted octanol–water partition coefficient (Wildman–Crippen LogP) is 5.53. The second-order valence-corrected chi connectivity index (χ2v) is 13.7. The molecule has 0 bridgehead atoms. The molecule has 0 saturated heterocycles. The minimum absolute atomic E-state index is 0.197. The van der Waals surface area contributed by atoms with E-state index in [9.17, 15) is 15.0 Å². The standard InChI is InChI=1S/C31H55NO5/c1-5-22-26-19-21(34)11-14-31(26,4)25-12-15-30(3)23(9-10-24(30)27(25)28(22)35)20(2)13-18-37-29(36)32-16-7-6-8-17-33/h20-28,33-35H,5-19H2,1-4H3,(H,32,36)/t20-,21-,22-,23-,24+,25+,26+,27+,28-,30?,31-/m1/s1. The van der Waals surface area contributed by atoms with Crippen molar-refractivity contribution in [2.24, 2.45) is 52.3 Å². The molecule has 0 spiro atoms. The highest BCUT2D eigenvalue weighted by Gasteiger charge is 2.64. The Morgan fingerprint density at radius 1 is 1.00 bits per heavy atom. The van der Waals surface area contributed by atoms with Crippen molar-refractivity contribution in [2.75, 3.05) is 19.8 Å².